The van der Waals surface area contributed by atoms with E-state index in [9.17, 15) is 9.59 Å². The number of carbonyl (C=O) groups excluding carboxylic acids is 2. The van der Waals surface area contributed by atoms with Gasteiger partial charge in [0.05, 0.1) is 0 Å². The van der Waals surface area contributed by atoms with E-state index in [1.165, 1.54) is 0 Å². The first-order chi connectivity index (χ1) is 11.1. The highest BCUT2D eigenvalue weighted by molar-refractivity contribution is 6.51. The van der Waals surface area contributed by atoms with E-state index < -0.39 is 11.3 Å². The first-order valence-electron chi connectivity index (χ1n) is 7.62. The highest BCUT2D eigenvalue weighted by atomic mass is 35.5. The molecule has 3 rings (SSSR count). The van der Waals surface area contributed by atoms with Crippen molar-refractivity contribution in [1.82, 2.24) is 4.98 Å². The Labute approximate surface area is 140 Å². The van der Waals surface area contributed by atoms with Gasteiger partial charge in [-0.05, 0) is 29.7 Å². The minimum absolute atomic E-state index is 0.320. The fraction of sp³-hybridized carbons (Fsp3) is 0.278. The summed E-state index contributed by atoms with van der Waals surface area (Å²) >= 11 is 6.20. The number of hydrogen-bond donors (Lipinski definition) is 0. The van der Waals surface area contributed by atoms with Gasteiger partial charge in [0, 0.05) is 18.7 Å². The fourth-order valence-electron chi connectivity index (χ4n) is 2.78. The van der Waals surface area contributed by atoms with E-state index in [0.717, 1.165) is 11.1 Å². The molecule has 1 aliphatic heterocycles. The second-order valence-corrected chi connectivity index (χ2v) is 6.00. The van der Waals surface area contributed by atoms with E-state index in [-0.39, 0.29) is 11.7 Å². The molecule has 4 nitrogen and oxygen atoms in total. The summed E-state index contributed by atoms with van der Waals surface area (Å²) in [5, 5.41) is 0. The topological polar surface area (TPSA) is 50.3 Å². The van der Waals surface area contributed by atoms with Crippen molar-refractivity contribution in [2.75, 3.05) is 11.4 Å². The molecule has 1 aromatic heterocycles. The van der Waals surface area contributed by atoms with Crippen LogP contribution < -0.4 is 4.90 Å². The molecule has 2 unspecified atom stereocenters. The lowest BCUT2D eigenvalue weighted by molar-refractivity contribution is -0.140. The van der Waals surface area contributed by atoms with Crippen molar-refractivity contribution < 1.29 is 9.59 Å². The lowest BCUT2D eigenvalue weighted by atomic mass is 9.93. The van der Waals surface area contributed by atoms with Crippen molar-refractivity contribution in [3.05, 3.63) is 48.7 Å². The molecule has 2 aromatic rings. The van der Waals surface area contributed by atoms with Gasteiger partial charge in [-0.1, -0.05) is 48.9 Å². The minimum atomic E-state index is -0.983. The van der Waals surface area contributed by atoms with Gasteiger partial charge in [0.25, 0.3) is 0 Å². The number of hydrogen-bond acceptors (Lipinski definition) is 4. The summed E-state index contributed by atoms with van der Waals surface area (Å²) < 4.78 is 0. The number of ketones is 2. The highest BCUT2D eigenvalue weighted by Crippen LogP contribution is 2.29. The molecular formula is C18H17ClN2O2. The molecule has 118 valence electrons. The number of halogens is 1. The molecular weight excluding hydrogens is 312 g/mol. The lowest BCUT2D eigenvalue weighted by Crippen LogP contribution is -2.52. The summed E-state index contributed by atoms with van der Waals surface area (Å²) in [6.07, 6.45) is 2.31. The van der Waals surface area contributed by atoms with Crippen LogP contribution in [0, 0.1) is 5.92 Å². The normalized spacial score (nSPS) is 21.6. The van der Waals surface area contributed by atoms with Crippen molar-refractivity contribution >= 4 is 29.0 Å². The smallest absolute Gasteiger partial charge is 0.236 e. The zero-order valence-corrected chi connectivity index (χ0v) is 13.5. The molecule has 1 saturated heterocycles. The van der Waals surface area contributed by atoms with Gasteiger partial charge in [-0.25, -0.2) is 4.98 Å². The SMILES string of the molecule is CCC1CN(c2cc(-c3ccccc3)ccn2)C(Cl)C(=O)C1=O. The molecule has 5 heteroatoms. The molecule has 1 aliphatic rings. The number of alkyl halides is 1. The molecule has 0 aliphatic carbocycles. The number of Topliss-reactive ketones (excluding diaryl/α,β-unsaturated/α-hetero) is 2. The summed E-state index contributed by atoms with van der Waals surface area (Å²) in [7, 11) is 0. The number of carbonyl (C=O) groups is 2. The number of nitrogens with zero attached hydrogens (tertiary/aromatic N) is 2. The fourth-order valence-corrected chi connectivity index (χ4v) is 3.07. The van der Waals surface area contributed by atoms with Crippen LogP contribution in [0.3, 0.4) is 0 Å². The second-order valence-electron chi connectivity index (χ2n) is 5.59. The van der Waals surface area contributed by atoms with Crippen LogP contribution in [-0.2, 0) is 9.59 Å². The maximum Gasteiger partial charge on any atom is 0.236 e. The van der Waals surface area contributed by atoms with Crippen LogP contribution in [0.5, 0.6) is 0 Å². The van der Waals surface area contributed by atoms with Crippen molar-refractivity contribution in [3.63, 3.8) is 0 Å². The van der Waals surface area contributed by atoms with Gasteiger partial charge in [0.2, 0.25) is 11.6 Å². The largest absolute Gasteiger partial charge is 0.333 e. The number of aromatic nitrogens is 1. The van der Waals surface area contributed by atoms with Gasteiger partial charge in [0.15, 0.2) is 5.50 Å². The summed E-state index contributed by atoms with van der Waals surface area (Å²) in [6.45, 7) is 2.32. The van der Waals surface area contributed by atoms with Gasteiger partial charge in [-0.15, -0.1) is 0 Å². The zero-order valence-electron chi connectivity index (χ0n) is 12.8. The molecule has 1 aromatic carbocycles. The van der Waals surface area contributed by atoms with Gasteiger partial charge in [-0.3, -0.25) is 9.59 Å². The molecule has 0 N–H and O–H groups in total. The Morgan fingerprint density at radius 2 is 1.87 bits per heavy atom. The number of piperidine rings is 1. The third kappa shape index (κ3) is 2.99. The lowest BCUT2D eigenvalue weighted by Gasteiger charge is -2.35. The van der Waals surface area contributed by atoms with E-state index in [0.29, 0.717) is 18.8 Å². The molecule has 0 spiro atoms. The highest BCUT2D eigenvalue weighted by Gasteiger charge is 2.40. The van der Waals surface area contributed by atoms with Crippen LogP contribution in [0.1, 0.15) is 13.3 Å². The summed E-state index contributed by atoms with van der Waals surface area (Å²) in [6, 6.07) is 13.7. The number of pyridine rings is 1. The van der Waals surface area contributed by atoms with Crippen LogP contribution in [0.15, 0.2) is 48.7 Å². The molecule has 23 heavy (non-hydrogen) atoms. The molecule has 2 atom stereocenters. The first-order valence-corrected chi connectivity index (χ1v) is 8.05. The van der Waals surface area contributed by atoms with E-state index in [2.05, 4.69) is 4.98 Å². The van der Waals surface area contributed by atoms with Crippen LogP contribution >= 0.6 is 11.6 Å². The van der Waals surface area contributed by atoms with Crippen molar-refractivity contribution in [3.8, 4) is 11.1 Å². The van der Waals surface area contributed by atoms with Crippen molar-refractivity contribution in [2.45, 2.75) is 18.8 Å². The molecule has 0 radical (unpaired) electrons. The van der Waals surface area contributed by atoms with Crippen molar-refractivity contribution in [1.29, 1.82) is 0 Å². The summed E-state index contributed by atoms with van der Waals surface area (Å²) in [5.41, 5.74) is 1.08. The van der Waals surface area contributed by atoms with E-state index >= 15 is 0 Å². The summed E-state index contributed by atoms with van der Waals surface area (Å²) in [4.78, 5) is 30.1. The summed E-state index contributed by atoms with van der Waals surface area (Å²) in [5.74, 6) is -0.620. The molecule has 0 saturated carbocycles. The number of anilines is 1. The zero-order chi connectivity index (χ0) is 16.4. The maximum absolute atomic E-state index is 12.1. The second kappa shape index (κ2) is 6.50. The predicted octanol–water partition coefficient (Wildman–Crippen LogP) is 3.30. The van der Waals surface area contributed by atoms with E-state index in [1.807, 2.05) is 49.4 Å². The van der Waals surface area contributed by atoms with Crippen LogP contribution in [0.2, 0.25) is 0 Å². The quantitative estimate of drug-likeness (QED) is 0.493. The monoisotopic (exact) mass is 328 g/mol. The Morgan fingerprint density at radius 1 is 1.13 bits per heavy atom. The maximum atomic E-state index is 12.1. The standard InChI is InChI=1S/C18H17ClN2O2/c1-2-12-11-21(18(19)17(23)16(12)22)15-10-14(8-9-20-15)13-6-4-3-5-7-13/h3-10,12,18H,2,11H2,1H3. The average molecular weight is 329 g/mol. The van der Waals surface area contributed by atoms with Crippen LogP contribution in [-0.4, -0.2) is 28.6 Å². The van der Waals surface area contributed by atoms with Gasteiger partial charge in [0.1, 0.15) is 5.82 Å². The molecule has 1 fully saturated rings. The number of rotatable bonds is 3. The molecule has 0 amide bonds. The number of benzene rings is 1. The molecule has 2 heterocycles. The van der Waals surface area contributed by atoms with Crippen LogP contribution in [0.25, 0.3) is 11.1 Å². The minimum Gasteiger partial charge on any atom is -0.333 e. The molecule has 0 bridgehead atoms. The van der Waals surface area contributed by atoms with Gasteiger partial charge in [-0.2, -0.15) is 0 Å². The first kappa shape index (κ1) is 15.7. The Bertz CT molecular complexity index is 733. The Kier molecular flexibility index (Phi) is 4.44. The Morgan fingerprint density at radius 3 is 2.57 bits per heavy atom. The third-order valence-electron chi connectivity index (χ3n) is 4.16. The Balaban J connectivity index is 1.95. The van der Waals surface area contributed by atoms with E-state index in [4.69, 9.17) is 11.6 Å². The van der Waals surface area contributed by atoms with E-state index in [1.54, 1.807) is 11.1 Å². The van der Waals surface area contributed by atoms with Crippen molar-refractivity contribution in [2.24, 2.45) is 5.92 Å². The average Bonchev–Trinajstić information content (AvgIpc) is 2.61. The Hall–Kier alpha value is -2.20. The van der Waals surface area contributed by atoms with Gasteiger partial charge >= 0.3 is 0 Å². The van der Waals surface area contributed by atoms with Crippen LogP contribution in [0.4, 0.5) is 5.82 Å². The van der Waals surface area contributed by atoms with Gasteiger partial charge < -0.3 is 4.90 Å². The third-order valence-corrected chi connectivity index (χ3v) is 4.59. The predicted molar refractivity (Wildman–Crippen MR) is 90.5 cm³/mol.